The van der Waals surface area contributed by atoms with E-state index in [1.54, 1.807) is 0 Å². The van der Waals surface area contributed by atoms with Gasteiger partial charge in [-0.1, -0.05) is 88.3 Å². The van der Waals surface area contributed by atoms with Crippen LogP contribution in [0.1, 0.15) is 82.0 Å². The van der Waals surface area contributed by atoms with Gasteiger partial charge in [0.25, 0.3) is 0 Å². The summed E-state index contributed by atoms with van der Waals surface area (Å²) < 4.78 is 5.61. The standard InChI is InChI=1S/C26H31N3O2/c1-17(2)19-8-6-18(7-9-19)16-29-22(14-15-23(29)30)25-27-24(28-31-25)20-10-12-21(13-11-20)26(3,4)5/h6-13,17,22H,14-16H2,1-5H3. The smallest absolute Gasteiger partial charge is 0.249 e. The Labute approximate surface area is 184 Å². The van der Waals surface area contributed by atoms with E-state index in [1.807, 2.05) is 17.0 Å². The third-order valence-electron chi connectivity index (χ3n) is 6.06. The van der Waals surface area contributed by atoms with E-state index in [4.69, 9.17) is 4.52 Å². The van der Waals surface area contributed by atoms with Crippen molar-refractivity contribution in [1.29, 1.82) is 0 Å². The molecule has 1 unspecified atom stereocenters. The number of likely N-dealkylation sites (tertiary alicyclic amines) is 1. The zero-order valence-corrected chi connectivity index (χ0v) is 19.1. The van der Waals surface area contributed by atoms with Crippen molar-refractivity contribution in [1.82, 2.24) is 15.0 Å². The topological polar surface area (TPSA) is 59.2 Å². The number of amides is 1. The van der Waals surface area contributed by atoms with Crippen LogP contribution in [0, 0.1) is 0 Å². The molecule has 5 nitrogen and oxygen atoms in total. The summed E-state index contributed by atoms with van der Waals surface area (Å²) >= 11 is 0. The van der Waals surface area contributed by atoms with E-state index >= 15 is 0 Å². The maximum absolute atomic E-state index is 12.6. The van der Waals surface area contributed by atoms with Gasteiger partial charge in [0.1, 0.15) is 6.04 Å². The first-order valence-electron chi connectivity index (χ1n) is 11.0. The Kier molecular flexibility index (Phi) is 5.69. The van der Waals surface area contributed by atoms with Crippen molar-refractivity contribution < 1.29 is 9.32 Å². The summed E-state index contributed by atoms with van der Waals surface area (Å²) in [5.74, 6) is 1.70. The third kappa shape index (κ3) is 4.55. The van der Waals surface area contributed by atoms with Gasteiger partial charge in [-0.25, -0.2) is 0 Å². The Balaban J connectivity index is 1.52. The lowest BCUT2D eigenvalue weighted by molar-refractivity contribution is -0.129. The quantitative estimate of drug-likeness (QED) is 0.509. The molecule has 4 rings (SSSR count). The number of hydrogen-bond acceptors (Lipinski definition) is 4. The number of benzene rings is 2. The monoisotopic (exact) mass is 417 g/mol. The molecule has 1 saturated heterocycles. The van der Waals surface area contributed by atoms with Crippen LogP contribution in [0.2, 0.25) is 0 Å². The van der Waals surface area contributed by atoms with Gasteiger partial charge in [-0.2, -0.15) is 4.98 Å². The summed E-state index contributed by atoms with van der Waals surface area (Å²) in [6.45, 7) is 11.5. The number of rotatable bonds is 5. The van der Waals surface area contributed by atoms with E-state index in [0.29, 0.717) is 37.0 Å². The van der Waals surface area contributed by atoms with E-state index < -0.39 is 0 Å². The molecule has 1 aliphatic rings. The molecule has 1 atom stereocenters. The molecule has 5 heteroatoms. The molecule has 0 saturated carbocycles. The van der Waals surface area contributed by atoms with Crippen LogP contribution >= 0.6 is 0 Å². The first-order chi connectivity index (χ1) is 14.7. The molecule has 0 spiro atoms. The van der Waals surface area contributed by atoms with Gasteiger partial charge in [0.15, 0.2) is 0 Å². The molecule has 162 valence electrons. The lowest BCUT2D eigenvalue weighted by Crippen LogP contribution is -2.27. The molecule has 3 aromatic rings. The summed E-state index contributed by atoms with van der Waals surface area (Å²) in [5, 5.41) is 4.20. The number of hydrogen-bond donors (Lipinski definition) is 0. The predicted octanol–water partition coefficient (Wildman–Crippen LogP) is 6.02. The van der Waals surface area contributed by atoms with Crippen molar-refractivity contribution in [2.24, 2.45) is 0 Å². The minimum absolute atomic E-state index is 0.0963. The normalized spacial score (nSPS) is 17.0. The second kappa shape index (κ2) is 8.29. The highest BCUT2D eigenvalue weighted by molar-refractivity contribution is 5.78. The van der Waals surface area contributed by atoms with Gasteiger partial charge in [0.05, 0.1) is 0 Å². The fourth-order valence-electron chi connectivity index (χ4n) is 4.00. The van der Waals surface area contributed by atoms with Crippen LogP contribution in [0.15, 0.2) is 53.1 Å². The van der Waals surface area contributed by atoms with Gasteiger partial charge in [-0.05, 0) is 34.4 Å². The van der Waals surface area contributed by atoms with Crippen LogP contribution in [0.4, 0.5) is 0 Å². The molecule has 0 N–H and O–H groups in total. The van der Waals surface area contributed by atoms with Gasteiger partial charge >= 0.3 is 0 Å². The van der Waals surface area contributed by atoms with Gasteiger partial charge in [-0.3, -0.25) is 4.79 Å². The molecular formula is C26H31N3O2. The van der Waals surface area contributed by atoms with E-state index in [9.17, 15) is 4.79 Å². The molecule has 2 aromatic carbocycles. The Hall–Kier alpha value is -2.95. The minimum atomic E-state index is -0.174. The van der Waals surface area contributed by atoms with Crippen LogP contribution in [0.5, 0.6) is 0 Å². The van der Waals surface area contributed by atoms with Gasteiger partial charge in [0.2, 0.25) is 17.6 Å². The molecule has 31 heavy (non-hydrogen) atoms. The van der Waals surface area contributed by atoms with E-state index in [0.717, 1.165) is 11.1 Å². The highest BCUT2D eigenvalue weighted by atomic mass is 16.5. The average Bonchev–Trinajstić information content (AvgIpc) is 3.35. The minimum Gasteiger partial charge on any atom is -0.337 e. The van der Waals surface area contributed by atoms with Crippen LogP contribution < -0.4 is 0 Å². The molecule has 2 heterocycles. The Morgan fingerprint density at radius 3 is 2.35 bits per heavy atom. The van der Waals surface area contributed by atoms with E-state index in [1.165, 1.54) is 11.1 Å². The molecule has 0 aliphatic carbocycles. The van der Waals surface area contributed by atoms with Crippen molar-refractivity contribution in [2.45, 2.75) is 71.4 Å². The van der Waals surface area contributed by atoms with Crippen LogP contribution in [0.3, 0.4) is 0 Å². The molecule has 1 fully saturated rings. The number of carbonyl (C=O) groups is 1. The highest BCUT2D eigenvalue weighted by Crippen LogP contribution is 2.34. The lowest BCUT2D eigenvalue weighted by Gasteiger charge is -2.22. The molecule has 0 radical (unpaired) electrons. The Morgan fingerprint density at radius 1 is 1.06 bits per heavy atom. The van der Waals surface area contributed by atoms with Crippen molar-refractivity contribution in [3.05, 3.63) is 71.1 Å². The zero-order chi connectivity index (χ0) is 22.2. The van der Waals surface area contributed by atoms with Crippen molar-refractivity contribution in [2.75, 3.05) is 0 Å². The molecule has 0 bridgehead atoms. The predicted molar refractivity (Wildman–Crippen MR) is 121 cm³/mol. The largest absolute Gasteiger partial charge is 0.337 e. The van der Waals surface area contributed by atoms with Crippen molar-refractivity contribution in [3.8, 4) is 11.4 Å². The van der Waals surface area contributed by atoms with Crippen molar-refractivity contribution >= 4 is 5.91 Å². The summed E-state index contributed by atoms with van der Waals surface area (Å²) in [5.41, 5.74) is 4.69. The SMILES string of the molecule is CC(C)c1ccc(CN2C(=O)CCC2c2nc(-c3ccc(C(C)(C)C)cc3)no2)cc1. The van der Waals surface area contributed by atoms with Gasteiger partial charge in [0, 0.05) is 18.5 Å². The summed E-state index contributed by atoms with van der Waals surface area (Å²) in [6, 6.07) is 16.6. The Morgan fingerprint density at radius 2 is 1.74 bits per heavy atom. The Bertz CT molecular complexity index is 1040. The number of carbonyl (C=O) groups excluding carboxylic acids is 1. The zero-order valence-electron chi connectivity index (χ0n) is 19.1. The lowest BCUT2D eigenvalue weighted by atomic mass is 9.87. The summed E-state index contributed by atoms with van der Waals surface area (Å²) in [7, 11) is 0. The first-order valence-corrected chi connectivity index (χ1v) is 11.0. The van der Waals surface area contributed by atoms with Crippen LogP contribution in [-0.2, 0) is 16.8 Å². The van der Waals surface area contributed by atoms with Crippen LogP contribution in [-0.4, -0.2) is 20.9 Å². The number of nitrogens with zero attached hydrogens (tertiary/aromatic N) is 3. The van der Waals surface area contributed by atoms with Crippen LogP contribution in [0.25, 0.3) is 11.4 Å². The fourth-order valence-corrected chi connectivity index (χ4v) is 4.00. The van der Waals surface area contributed by atoms with Crippen molar-refractivity contribution in [3.63, 3.8) is 0 Å². The highest BCUT2D eigenvalue weighted by Gasteiger charge is 2.36. The second-order valence-electron chi connectivity index (χ2n) is 9.76. The van der Waals surface area contributed by atoms with E-state index in [-0.39, 0.29) is 17.4 Å². The molecular weight excluding hydrogens is 386 g/mol. The maximum atomic E-state index is 12.6. The average molecular weight is 418 g/mol. The van der Waals surface area contributed by atoms with Gasteiger partial charge in [-0.15, -0.1) is 0 Å². The fraction of sp³-hybridized carbons (Fsp3) is 0.423. The summed E-state index contributed by atoms with van der Waals surface area (Å²) in [4.78, 5) is 19.1. The molecule has 1 amide bonds. The molecule has 1 aromatic heterocycles. The maximum Gasteiger partial charge on any atom is 0.249 e. The van der Waals surface area contributed by atoms with E-state index in [2.05, 4.69) is 81.2 Å². The number of aromatic nitrogens is 2. The second-order valence-corrected chi connectivity index (χ2v) is 9.76. The molecule has 1 aliphatic heterocycles. The first kappa shape index (κ1) is 21.3. The summed E-state index contributed by atoms with van der Waals surface area (Å²) in [6.07, 6.45) is 1.21. The van der Waals surface area contributed by atoms with Gasteiger partial charge < -0.3 is 9.42 Å². The third-order valence-corrected chi connectivity index (χ3v) is 6.06.